The van der Waals surface area contributed by atoms with E-state index < -0.39 is 0 Å². The van der Waals surface area contributed by atoms with E-state index in [4.69, 9.17) is 4.74 Å². The molecule has 0 bridgehead atoms. The van der Waals surface area contributed by atoms with E-state index in [2.05, 4.69) is 20.4 Å². The molecule has 2 N–H and O–H groups in total. The largest absolute Gasteiger partial charge is 0.497 e. The second kappa shape index (κ2) is 11.5. The van der Waals surface area contributed by atoms with Gasteiger partial charge in [-0.2, -0.15) is 5.10 Å². The van der Waals surface area contributed by atoms with Gasteiger partial charge in [-0.3, -0.25) is 19.6 Å². The minimum Gasteiger partial charge on any atom is -0.497 e. The van der Waals surface area contributed by atoms with Crippen molar-refractivity contribution in [1.29, 1.82) is 0 Å². The number of nitrogens with zero attached hydrogens (tertiary/aromatic N) is 3. The standard InChI is InChI=1S/C32H32FN5O3/c1-41-27-9-4-23(5-10-27)31-28-18-26(8-11-29(28)35-36-31)34-32(40)24-12-15-37(19-24)20-30(39)38-16-13-22(14-17-38)21-2-6-25(33)7-3-21/h2-11,13,18,24H,12,14-17,19-20H2,1H3,(H,34,40)(H,35,36)/t24-/m1/s1. The molecule has 3 aromatic carbocycles. The number of nitrogens with one attached hydrogen (secondary N) is 2. The summed E-state index contributed by atoms with van der Waals surface area (Å²) in [5.41, 5.74) is 5.49. The van der Waals surface area contributed by atoms with Gasteiger partial charge in [-0.15, -0.1) is 0 Å². The highest BCUT2D eigenvalue weighted by molar-refractivity contribution is 5.99. The van der Waals surface area contributed by atoms with Gasteiger partial charge in [0.25, 0.3) is 0 Å². The van der Waals surface area contributed by atoms with Crippen LogP contribution in [0.25, 0.3) is 27.7 Å². The normalized spacial score (nSPS) is 17.5. The average Bonchev–Trinajstić information content (AvgIpc) is 3.65. The molecule has 1 aromatic heterocycles. The molecule has 8 nitrogen and oxygen atoms in total. The van der Waals surface area contributed by atoms with Crippen LogP contribution in [0.3, 0.4) is 0 Å². The van der Waals surface area contributed by atoms with Crippen molar-refractivity contribution in [3.63, 3.8) is 0 Å². The lowest BCUT2D eigenvalue weighted by molar-refractivity contribution is -0.132. The summed E-state index contributed by atoms with van der Waals surface area (Å²) in [4.78, 5) is 30.0. The first-order valence-electron chi connectivity index (χ1n) is 13.9. The second-order valence-electron chi connectivity index (χ2n) is 10.6. The van der Waals surface area contributed by atoms with E-state index in [0.717, 1.165) is 45.5 Å². The van der Waals surface area contributed by atoms with Crippen molar-refractivity contribution in [3.05, 3.63) is 84.2 Å². The van der Waals surface area contributed by atoms with Crippen molar-refractivity contribution < 1.29 is 18.7 Å². The van der Waals surface area contributed by atoms with Crippen molar-refractivity contribution >= 4 is 34.0 Å². The van der Waals surface area contributed by atoms with Crippen LogP contribution >= 0.6 is 0 Å². The number of hydrogen-bond acceptors (Lipinski definition) is 5. The molecule has 210 valence electrons. The van der Waals surface area contributed by atoms with Gasteiger partial charge in [0.05, 0.1) is 30.8 Å². The molecule has 3 heterocycles. The summed E-state index contributed by atoms with van der Waals surface area (Å²) in [6, 6.07) is 19.9. The van der Waals surface area contributed by atoms with Gasteiger partial charge in [0.1, 0.15) is 11.6 Å². The van der Waals surface area contributed by atoms with Gasteiger partial charge in [0.15, 0.2) is 0 Å². The molecule has 9 heteroatoms. The summed E-state index contributed by atoms with van der Waals surface area (Å²) in [5.74, 6) is 0.362. The highest BCUT2D eigenvalue weighted by Crippen LogP contribution is 2.30. The summed E-state index contributed by atoms with van der Waals surface area (Å²) in [5, 5.41) is 11.5. The third kappa shape index (κ3) is 5.85. The van der Waals surface area contributed by atoms with Gasteiger partial charge in [0.2, 0.25) is 11.8 Å². The van der Waals surface area contributed by atoms with Crippen molar-refractivity contribution in [2.24, 2.45) is 5.92 Å². The summed E-state index contributed by atoms with van der Waals surface area (Å²) in [7, 11) is 1.63. The quantitative estimate of drug-likeness (QED) is 0.338. The molecule has 0 aliphatic carbocycles. The molecule has 4 aromatic rings. The summed E-state index contributed by atoms with van der Waals surface area (Å²) in [6.45, 7) is 2.73. The Bertz CT molecular complexity index is 1600. The van der Waals surface area contributed by atoms with Crippen LogP contribution in [0.15, 0.2) is 72.8 Å². The number of carbonyl (C=O) groups is 2. The van der Waals surface area contributed by atoms with E-state index >= 15 is 0 Å². The van der Waals surface area contributed by atoms with Crippen molar-refractivity contribution in [1.82, 2.24) is 20.0 Å². The molecule has 0 radical (unpaired) electrons. The van der Waals surface area contributed by atoms with Crippen LogP contribution in [0.2, 0.25) is 0 Å². The Balaban J connectivity index is 1.04. The number of likely N-dealkylation sites (tertiary alicyclic amines) is 1. The average molecular weight is 554 g/mol. The Morgan fingerprint density at radius 1 is 1.05 bits per heavy atom. The summed E-state index contributed by atoms with van der Waals surface area (Å²) in [6.07, 6.45) is 3.49. The molecular formula is C32H32FN5O3. The van der Waals surface area contributed by atoms with Crippen molar-refractivity contribution in [2.75, 3.05) is 45.2 Å². The number of methoxy groups -OCH3 is 1. The number of aromatic nitrogens is 2. The number of fused-ring (bicyclic) bond motifs is 1. The lowest BCUT2D eigenvalue weighted by Gasteiger charge is -2.28. The fraction of sp³-hybridized carbons (Fsp3) is 0.281. The number of anilines is 1. The van der Waals surface area contributed by atoms with Crippen molar-refractivity contribution in [2.45, 2.75) is 12.8 Å². The van der Waals surface area contributed by atoms with Crippen LogP contribution in [0.5, 0.6) is 5.75 Å². The van der Waals surface area contributed by atoms with Gasteiger partial charge in [-0.1, -0.05) is 18.2 Å². The predicted octanol–water partition coefficient (Wildman–Crippen LogP) is 4.95. The molecule has 41 heavy (non-hydrogen) atoms. The molecule has 1 saturated heterocycles. The first kappa shape index (κ1) is 26.7. The van der Waals surface area contributed by atoms with Crippen LogP contribution in [0.4, 0.5) is 10.1 Å². The number of rotatable bonds is 7. The maximum atomic E-state index is 13.2. The molecule has 1 fully saturated rings. The first-order valence-corrected chi connectivity index (χ1v) is 13.9. The maximum absolute atomic E-state index is 13.2. The smallest absolute Gasteiger partial charge is 0.237 e. The molecule has 0 saturated carbocycles. The lowest BCUT2D eigenvalue weighted by atomic mass is 9.99. The van der Waals surface area contributed by atoms with Gasteiger partial charge in [-0.05, 0) is 85.1 Å². The van der Waals surface area contributed by atoms with Crippen LogP contribution in [-0.4, -0.2) is 71.6 Å². The topological polar surface area (TPSA) is 90.6 Å². The molecular weight excluding hydrogens is 521 g/mol. The number of hydrogen-bond donors (Lipinski definition) is 2. The third-order valence-electron chi connectivity index (χ3n) is 7.97. The Morgan fingerprint density at radius 3 is 2.56 bits per heavy atom. The van der Waals surface area contributed by atoms with E-state index in [1.165, 1.54) is 12.1 Å². The zero-order valence-corrected chi connectivity index (χ0v) is 22.9. The fourth-order valence-corrected chi connectivity index (χ4v) is 5.61. The number of halogens is 1. The number of H-pyrrole nitrogens is 1. The summed E-state index contributed by atoms with van der Waals surface area (Å²) < 4.78 is 18.5. The van der Waals surface area contributed by atoms with E-state index in [1.54, 1.807) is 19.2 Å². The predicted molar refractivity (Wildman–Crippen MR) is 157 cm³/mol. The summed E-state index contributed by atoms with van der Waals surface area (Å²) >= 11 is 0. The first-order chi connectivity index (χ1) is 20.0. The van der Waals surface area contributed by atoms with E-state index in [0.29, 0.717) is 44.8 Å². The minimum atomic E-state index is -0.252. The molecule has 2 amide bonds. The molecule has 2 aliphatic rings. The lowest BCUT2D eigenvalue weighted by Crippen LogP contribution is -2.41. The second-order valence-corrected chi connectivity index (χ2v) is 10.6. The number of amides is 2. The van der Waals surface area contributed by atoms with Crippen LogP contribution in [0, 0.1) is 11.7 Å². The fourth-order valence-electron chi connectivity index (χ4n) is 5.61. The number of carbonyl (C=O) groups excluding carboxylic acids is 2. The monoisotopic (exact) mass is 553 g/mol. The number of aromatic amines is 1. The van der Waals surface area contributed by atoms with Crippen molar-refractivity contribution in [3.8, 4) is 17.0 Å². The third-order valence-corrected chi connectivity index (χ3v) is 7.97. The Kier molecular flexibility index (Phi) is 7.52. The highest BCUT2D eigenvalue weighted by Gasteiger charge is 2.30. The molecule has 0 unspecified atom stereocenters. The van der Waals surface area contributed by atoms with Gasteiger partial charge in [-0.25, -0.2) is 4.39 Å². The Hall–Kier alpha value is -4.50. The molecule has 1 atom stereocenters. The van der Waals surface area contributed by atoms with Crippen LogP contribution in [0.1, 0.15) is 18.4 Å². The van der Waals surface area contributed by atoms with Gasteiger partial charge >= 0.3 is 0 Å². The maximum Gasteiger partial charge on any atom is 0.237 e. The van der Waals surface area contributed by atoms with Crippen LogP contribution < -0.4 is 10.1 Å². The Morgan fingerprint density at radius 2 is 1.83 bits per heavy atom. The zero-order chi connectivity index (χ0) is 28.3. The van der Waals surface area contributed by atoms with Gasteiger partial charge < -0.3 is 15.0 Å². The van der Waals surface area contributed by atoms with E-state index in [1.807, 2.05) is 53.4 Å². The Labute approximate surface area is 237 Å². The van der Waals surface area contributed by atoms with E-state index in [-0.39, 0.29) is 23.5 Å². The number of benzene rings is 3. The highest BCUT2D eigenvalue weighted by atomic mass is 19.1. The van der Waals surface area contributed by atoms with Crippen LogP contribution in [-0.2, 0) is 9.59 Å². The SMILES string of the molecule is COc1ccc(-c2n[nH]c3ccc(NC(=O)[C@@H]4CCN(CC(=O)N5CC=C(c6ccc(F)cc6)CC5)C4)cc23)cc1. The molecule has 2 aliphatic heterocycles. The molecule has 0 spiro atoms. The van der Waals surface area contributed by atoms with E-state index in [9.17, 15) is 14.0 Å². The minimum absolute atomic E-state index is 0.0429. The number of ether oxygens (including phenoxy) is 1. The molecule has 6 rings (SSSR count). The zero-order valence-electron chi connectivity index (χ0n) is 22.9. The van der Waals surface area contributed by atoms with Gasteiger partial charge in [0, 0.05) is 36.3 Å².